The van der Waals surface area contributed by atoms with Crippen LogP contribution < -0.4 is 0 Å². The predicted octanol–water partition coefficient (Wildman–Crippen LogP) is 4.17. The standard InChI is InChI=1S/C15H18ClFIN3/c1-9(16)15-19-13-8-12(18)11(17)7-14(13)21(15)6-5-20(2)10-3-4-10/h7-10H,3-6H2,1-2H3. The summed E-state index contributed by atoms with van der Waals surface area (Å²) in [7, 11) is 2.14. The number of alkyl halides is 1. The van der Waals surface area contributed by atoms with E-state index >= 15 is 0 Å². The van der Waals surface area contributed by atoms with Gasteiger partial charge in [0, 0.05) is 25.2 Å². The molecule has 0 bridgehead atoms. The van der Waals surface area contributed by atoms with Crippen molar-refractivity contribution in [2.45, 2.75) is 37.7 Å². The van der Waals surface area contributed by atoms with Crippen molar-refractivity contribution in [3.63, 3.8) is 0 Å². The molecule has 1 heterocycles. The van der Waals surface area contributed by atoms with Gasteiger partial charge >= 0.3 is 0 Å². The lowest BCUT2D eigenvalue weighted by Gasteiger charge is -2.18. The summed E-state index contributed by atoms with van der Waals surface area (Å²) >= 11 is 8.25. The minimum atomic E-state index is -0.200. The number of benzene rings is 1. The summed E-state index contributed by atoms with van der Waals surface area (Å²) < 4.78 is 16.5. The van der Waals surface area contributed by atoms with Crippen molar-refractivity contribution in [3.8, 4) is 0 Å². The van der Waals surface area contributed by atoms with Crippen molar-refractivity contribution in [1.29, 1.82) is 0 Å². The lowest BCUT2D eigenvalue weighted by molar-refractivity contribution is 0.309. The zero-order chi connectivity index (χ0) is 15.1. The molecular weight excluding hydrogens is 404 g/mol. The molecule has 0 amide bonds. The Kier molecular flexibility index (Phi) is 4.43. The van der Waals surface area contributed by atoms with Crippen LogP contribution in [-0.2, 0) is 6.54 Å². The van der Waals surface area contributed by atoms with Crippen LogP contribution in [-0.4, -0.2) is 34.1 Å². The highest BCUT2D eigenvalue weighted by molar-refractivity contribution is 14.1. The molecule has 2 aromatic rings. The van der Waals surface area contributed by atoms with Gasteiger partial charge in [-0.1, -0.05) is 0 Å². The SMILES string of the molecule is CC(Cl)c1nc2cc(I)c(F)cc2n1CCN(C)C1CC1. The van der Waals surface area contributed by atoms with Crippen LogP contribution in [0.25, 0.3) is 11.0 Å². The number of imidazole rings is 1. The third-order valence-electron chi connectivity index (χ3n) is 4.02. The highest BCUT2D eigenvalue weighted by atomic mass is 127. The van der Waals surface area contributed by atoms with Gasteiger partial charge in [-0.15, -0.1) is 11.6 Å². The molecule has 114 valence electrons. The maximum Gasteiger partial charge on any atom is 0.138 e. The highest BCUT2D eigenvalue weighted by Gasteiger charge is 2.26. The summed E-state index contributed by atoms with van der Waals surface area (Å²) in [5.74, 6) is 0.617. The molecule has 3 rings (SSSR count). The first kappa shape index (κ1) is 15.5. The zero-order valence-electron chi connectivity index (χ0n) is 12.1. The van der Waals surface area contributed by atoms with Gasteiger partial charge in [-0.3, -0.25) is 0 Å². The van der Waals surface area contributed by atoms with E-state index in [1.54, 1.807) is 12.1 Å². The molecule has 0 radical (unpaired) electrons. The third-order valence-corrected chi connectivity index (χ3v) is 5.04. The van der Waals surface area contributed by atoms with E-state index in [-0.39, 0.29) is 11.2 Å². The van der Waals surface area contributed by atoms with Gasteiger partial charge < -0.3 is 9.47 Å². The van der Waals surface area contributed by atoms with Gasteiger partial charge in [0.25, 0.3) is 0 Å². The van der Waals surface area contributed by atoms with Crippen LogP contribution in [0.4, 0.5) is 4.39 Å². The average Bonchev–Trinajstić information content (AvgIpc) is 3.21. The first-order valence-corrected chi connectivity index (χ1v) is 8.68. The third kappa shape index (κ3) is 3.19. The summed E-state index contributed by atoms with van der Waals surface area (Å²) in [5, 5.41) is -0.190. The molecule has 0 aliphatic heterocycles. The molecule has 1 aromatic heterocycles. The van der Waals surface area contributed by atoms with E-state index in [0.29, 0.717) is 9.61 Å². The Labute approximate surface area is 142 Å². The minimum absolute atomic E-state index is 0.190. The number of likely N-dealkylation sites (N-methyl/N-ethyl adjacent to an activating group) is 1. The molecule has 1 unspecified atom stereocenters. The number of hydrogen-bond donors (Lipinski definition) is 0. The maximum atomic E-state index is 13.9. The second-order valence-electron chi connectivity index (χ2n) is 5.70. The van der Waals surface area contributed by atoms with E-state index in [4.69, 9.17) is 11.6 Å². The van der Waals surface area contributed by atoms with Crippen molar-refractivity contribution >= 4 is 45.2 Å². The van der Waals surface area contributed by atoms with Crippen LogP contribution in [0.3, 0.4) is 0 Å². The van der Waals surface area contributed by atoms with Gasteiger partial charge in [0.05, 0.1) is 20.0 Å². The fourth-order valence-corrected chi connectivity index (χ4v) is 3.25. The monoisotopic (exact) mass is 421 g/mol. The molecule has 1 saturated carbocycles. The molecule has 1 aromatic carbocycles. The molecule has 1 aliphatic rings. The Bertz CT molecular complexity index is 666. The molecule has 3 nitrogen and oxygen atoms in total. The zero-order valence-corrected chi connectivity index (χ0v) is 15.0. The van der Waals surface area contributed by atoms with Gasteiger partial charge in [0.15, 0.2) is 0 Å². The Balaban J connectivity index is 1.96. The van der Waals surface area contributed by atoms with E-state index in [0.717, 1.165) is 29.9 Å². The molecule has 21 heavy (non-hydrogen) atoms. The predicted molar refractivity (Wildman–Crippen MR) is 92.3 cm³/mol. The number of halogens is 3. The summed E-state index contributed by atoms with van der Waals surface area (Å²) in [6, 6.07) is 4.08. The average molecular weight is 422 g/mol. The molecule has 0 spiro atoms. The maximum absolute atomic E-state index is 13.9. The summed E-state index contributed by atoms with van der Waals surface area (Å²) in [6.07, 6.45) is 2.57. The largest absolute Gasteiger partial charge is 0.325 e. The molecule has 1 atom stereocenters. The van der Waals surface area contributed by atoms with E-state index in [1.165, 1.54) is 12.8 Å². The quantitative estimate of drug-likeness (QED) is 0.534. The first-order chi connectivity index (χ1) is 9.97. The highest BCUT2D eigenvalue weighted by Crippen LogP contribution is 2.28. The van der Waals surface area contributed by atoms with Crippen LogP contribution in [0.2, 0.25) is 0 Å². The van der Waals surface area contributed by atoms with Crippen LogP contribution >= 0.6 is 34.2 Å². The summed E-state index contributed by atoms with van der Waals surface area (Å²) in [5.41, 5.74) is 1.65. The van der Waals surface area contributed by atoms with Gasteiger partial charge in [0.2, 0.25) is 0 Å². The number of aromatic nitrogens is 2. The Morgan fingerprint density at radius 2 is 2.24 bits per heavy atom. The second-order valence-corrected chi connectivity index (χ2v) is 7.52. The lowest BCUT2D eigenvalue weighted by Crippen LogP contribution is -2.25. The van der Waals surface area contributed by atoms with Crippen molar-refractivity contribution in [1.82, 2.24) is 14.5 Å². The van der Waals surface area contributed by atoms with E-state index in [9.17, 15) is 4.39 Å². The number of nitrogens with zero attached hydrogens (tertiary/aromatic N) is 3. The molecule has 1 fully saturated rings. The van der Waals surface area contributed by atoms with Crippen molar-refractivity contribution in [3.05, 3.63) is 27.3 Å². The molecular formula is C15H18ClFIN3. The first-order valence-electron chi connectivity index (χ1n) is 7.17. The van der Waals surface area contributed by atoms with Crippen LogP contribution in [0.15, 0.2) is 12.1 Å². The van der Waals surface area contributed by atoms with Gasteiger partial charge in [-0.05, 0) is 55.5 Å². The number of hydrogen-bond acceptors (Lipinski definition) is 2. The Morgan fingerprint density at radius 3 is 2.86 bits per heavy atom. The van der Waals surface area contributed by atoms with E-state index in [2.05, 4.69) is 21.5 Å². The topological polar surface area (TPSA) is 21.1 Å². The lowest BCUT2D eigenvalue weighted by atomic mass is 10.3. The van der Waals surface area contributed by atoms with Gasteiger partial charge in [0.1, 0.15) is 11.6 Å². The number of rotatable bonds is 5. The molecule has 0 N–H and O–H groups in total. The smallest absolute Gasteiger partial charge is 0.138 e. The normalized spacial score (nSPS) is 16.9. The van der Waals surface area contributed by atoms with E-state index in [1.807, 2.05) is 29.5 Å². The Morgan fingerprint density at radius 1 is 1.52 bits per heavy atom. The Hall–Kier alpha value is -0.400. The minimum Gasteiger partial charge on any atom is -0.325 e. The fourth-order valence-electron chi connectivity index (χ4n) is 2.63. The second kappa shape index (κ2) is 6.01. The summed E-state index contributed by atoms with van der Waals surface area (Å²) in [4.78, 5) is 6.95. The van der Waals surface area contributed by atoms with Crippen molar-refractivity contribution in [2.75, 3.05) is 13.6 Å². The molecule has 1 aliphatic carbocycles. The fraction of sp³-hybridized carbons (Fsp3) is 0.533. The van der Waals surface area contributed by atoms with Crippen LogP contribution in [0.1, 0.15) is 31.0 Å². The van der Waals surface area contributed by atoms with Gasteiger partial charge in [-0.25, -0.2) is 9.37 Å². The van der Waals surface area contributed by atoms with Gasteiger partial charge in [-0.2, -0.15) is 0 Å². The number of fused-ring (bicyclic) bond motifs is 1. The molecule has 6 heteroatoms. The van der Waals surface area contributed by atoms with Crippen molar-refractivity contribution in [2.24, 2.45) is 0 Å². The summed E-state index contributed by atoms with van der Waals surface area (Å²) in [6.45, 7) is 3.63. The van der Waals surface area contributed by atoms with Crippen LogP contribution in [0, 0.1) is 9.39 Å². The van der Waals surface area contributed by atoms with E-state index < -0.39 is 0 Å². The van der Waals surface area contributed by atoms with Crippen molar-refractivity contribution < 1.29 is 4.39 Å². The van der Waals surface area contributed by atoms with Crippen LogP contribution in [0.5, 0.6) is 0 Å². The molecule has 0 saturated heterocycles.